The Balaban J connectivity index is 2.08. The fraction of sp³-hybridized carbons (Fsp3) is 0.412. The molecule has 0 spiro atoms. The molecule has 0 saturated carbocycles. The van der Waals surface area contributed by atoms with Crippen molar-refractivity contribution in [2.75, 3.05) is 7.11 Å². The molecule has 1 heterocycles. The maximum absolute atomic E-state index is 12.1. The van der Waals surface area contributed by atoms with Crippen LogP contribution in [0.15, 0.2) is 21.3 Å². The Labute approximate surface area is 138 Å². The van der Waals surface area contributed by atoms with Crippen LogP contribution in [0.25, 0.3) is 11.0 Å². The van der Waals surface area contributed by atoms with Gasteiger partial charge in [-0.1, -0.05) is 11.6 Å². The van der Waals surface area contributed by atoms with E-state index >= 15 is 0 Å². The van der Waals surface area contributed by atoms with Crippen molar-refractivity contribution in [2.45, 2.75) is 38.7 Å². The van der Waals surface area contributed by atoms with Crippen molar-refractivity contribution >= 4 is 28.5 Å². The Bertz CT molecular complexity index is 824. The van der Waals surface area contributed by atoms with E-state index in [-0.39, 0.29) is 11.4 Å². The summed E-state index contributed by atoms with van der Waals surface area (Å²) in [7, 11) is 1.29. The summed E-state index contributed by atoms with van der Waals surface area (Å²) < 4.78 is 15.6. The molecule has 3 rings (SSSR count). The number of hydrogen-bond donors (Lipinski definition) is 0. The lowest BCUT2D eigenvalue weighted by molar-refractivity contribution is -0.147. The van der Waals surface area contributed by atoms with Crippen LogP contribution in [0.1, 0.15) is 30.9 Å². The summed E-state index contributed by atoms with van der Waals surface area (Å²) in [5.74, 6) is -0.218. The smallest absolute Gasteiger partial charge is 0.346 e. The predicted molar refractivity (Wildman–Crippen MR) is 86.2 cm³/mol. The van der Waals surface area contributed by atoms with Gasteiger partial charge in [0.15, 0.2) is 6.10 Å². The van der Waals surface area contributed by atoms with E-state index in [9.17, 15) is 9.59 Å². The van der Waals surface area contributed by atoms with Crippen LogP contribution in [0.2, 0.25) is 5.02 Å². The number of carbonyl (C=O) groups excluding carboxylic acids is 1. The minimum Gasteiger partial charge on any atom is -0.477 e. The molecule has 2 aromatic rings. The molecule has 1 aliphatic carbocycles. The van der Waals surface area contributed by atoms with Gasteiger partial charge in [0.1, 0.15) is 11.3 Å². The number of hydrogen-bond acceptors (Lipinski definition) is 5. The van der Waals surface area contributed by atoms with Crippen molar-refractivity contribution in [3.8, 4) is 5.75 Å². The van der Waals surface area contributed by atoms with Gasteiger partial charge >= 0.3 is 11.6 Å². The Hall–Kier alpha value is -2.01. The fourth-order valence-electron chi connectivity index (χ4n) is 2.94. The van der Waals surface area contributed by atoms with E-state index in [4.69, 9.17) is 20.8 Å². The second-order valence-electron chi connectivity index (χ2n) is 5.62. The molecule has 0 fully saturated rings. The highest BCUT2D eigenvalue weighted by Gasteiger charge is 2.21. The largest absolute Gasteiger partial charge is 0.477 e. The summed E-state index contributed by atoms with van der Waals surface area (Å²) in [4.78, 5) is 23.6. The van der Waals surface area contributed by atoms with Crippen molar-refractivity contribution in [1.29, 1.82) is 0 Å². The number of aryl methyl sites for hydroxylation is 1. The van der Waals surface area contributed by atoms with Gasteiger partial charge in [0, 0.05) is 17.0 Å². The van der Waals surface area contributed by atoms with Crippen molar-refractivity contribution in [1.82, 2.24) is 0 Å². The first kappa shape index (κ1) is 15.9. The number of fused-ring (bicyclic) bond motifs is 3. The molecule has 6 heteroatoms. The zero-order chi connectivity index (χ0) is 16.6. The van der Waals surface area contributed by atoms with Crippen molar-refractivity contribution in [3.63, 3.8) is 0 Å². The third-order valence-corrected chi connectivity index (χ3v) is 4.41. The average molecular weight is 337 g/mol. The van der Waals surface area contributed by atoms with Crippen LogP contribution in [0, 0.1) is 0 Å². The van der Waals surface area contributed by atoms with Crippen LogP contribution in [0.5, 0.6) is 5.75 Å². The van der Waals surface area contributed by atoms with Gasteiger partial charge in [-0.25, -0.2) is 9.59 Å². The lowest BCUT2D eigenvalue weighted by atomic mass is 9.90. The fourth-order valence-corrected chi connectivity index (χ4v) is 3.15. The van der Waals surface area contributed by atoms with E-state index in [0.29, 0.717) is 10.6 Å². The molecule has 0 saturated heterocycles. The van der Waals surface area contributed by atoms with E-state index in [2.05, 4.69) is 4.74 Å². The van der Waals surface area contributed by atoms with E-state index in [1.165, 1.54) is 7.11 Å². The number of rotatable bonds is 3. The lowest BCUT2D eigenvalue weighted by Gasteiger charge is -2.18. The number of benzene rings is 1. The Morgan fingerprint density at radius 1 is 1.26 bits per heavy atom. The van der Waals surface area contributed by atoms with Crippen molar-refractivity contribution < 1.29 is 18.7 Å². The standard InChI is InChI=1S/C17H17ClO5/c1-9(16(19)21-2)22-15-8-14-12(7-13(15)18)10-5-3-4-6-11(10)17(20)23-14/h7-9H,3-6H2,1-2H3/t9-/m1/s1. The zero-order valence-electron chi connectivity index (χ0n) is 13.0. The normalized spacial score (nSPS) is 15.1. The number of halogens is 1. The van der Waals surface area contributed by atoms with Crippen LogP contribution in [0.4, 0.5) is 0 Å². The zero-order valence-corrected chi connectivity index (χ0v) is 13.7. The van der Waals surface area contributed by atoms with Gasteiger partial charge in [-0.2, -0.15) is 0 Å². The van der Waals surface area contributed by atoms with Gasteiger partial charge in [0.25, 0.3) is 0 Å². The number of ether oxygens (including phenoxy) is 2. The molecular weight excluding hydrogens is 320 g/mol. The molecule has 1 aromatic carbocycles. The molecule has 1 aliphatic rings. The third kappa shape index (κ3) is 2.93. The Morgan fingerprint density at radius 3 is 2.65 bits per heavy atom. The molecule has 1 atom stereocenters. The summed E-state index contributed by atoms with van der Waals surface area (Å²) in [6.07, 6.45) is 2.81. The van der Waals surface area contributed by atoms with E-state index in [1.807, 2.05) is 0 Å². The van der Waals surface area contributed by atoms with Gasteiger partial charge in [-0.15, -0.1) is 0 Å². The molecule has 0 bridgehead atoms. The van der Waals surface area contributed by atoms with Crippen molar-refractivity contribution in [3.05, 3.63) is 38.7 Å². The highest BCUT2D eigenvalue weighted by atomic mass is 35.5. The summed E-state index contributed by atoms with van der Waals surface area (Å²) in [6, 6.07) is 3.30. The van der Waals surface area contributed by atoms with Crippen LogP contribution < -0.4 is 10.4 Å². The summed E-state index contributed by atoms with van der Waals surface area (Å²) in [5, 5.41) is 1.21. The average Bonchev–Trinajstić information content (AvgIpc) is 2.56. The molecule has 5 nitrogen and oxygen atoms in total. The lowest BCUT2D eigenvalue weighted by Crippen LogP contribution is -2.25. The summed E-state index contributed by atoms with van der Waals surface area (Å²) in [5.41, 5.74) is 1.88. The predicted octanol–water partition coefficient (Wildman–Crippen LogP) is 3.27. The number of carbonyl (C=O) groups is 1. The highest BCUT2D eigenvalue weighted by Crippen LogP contribution is 2.34. The maximum atomic E-state index is 12.1. The van der Waals surface area contributed by atoms with Crippen molar-refractivity contribution in [2.24, 2.45) is 0 Å². The molecule has 0 radical (unpaired) electrons. The molecule has 122 valence electrons. The van der Waals surface area contributed by atoms with E-state index in [1.54, 1.807) is 19.1 Å². The minimum atomic E-state index is -0.806. The first-order chi connectivity index (χ1) is 11.0. The Morgan fingerprint density at radius 2 is 1.96 bits per heavy atom. The quantitative estimate of drug-likeness (QED) is 0.635. The molecule has 23 heavy (non-hydrogen) atoms. The number of methoxy groups -OCH3 is 1. The van der Waals surface area contributed by atoms with Gasteiger partial charge in [0.2, 0.25) is 0 Å². The highest BCUT2D eigenvalue weighted by molar-refractivity contribution is 6.32. The van der Waals surface area contributed by atoms with Crippen LogP contribution in [0.3, 0.4) is 0 Å². The van der Waals surface area contributed by atoms with Gasteiger partial charge in [-0.3, -0.25) is 0 Å². The van der Waals surface area contributed by atoms with E-state index in [0.717, 1.165) is 42.2 Å². The second-order valence-corrected chi connectivity index (χ2v) is 6.02. The molecular formula is C17H17ClO5. The second kappa shape index (κ2) is 6.24. The van der Waals surface area contributed by atoms with Crippen LogP contribution >= 0.6 is 11.6 Å². The minimum absolute atomic E-state index is 0.288. The van der Waals surface area contributed by atoms with Gasteiger partial charge in [-0.05, 0) is 44.2 Å². The number of esters is 1. The van der Waals surface area contributed by atoms with E-state index < -0.39 is 12.1 Å². The SMILES string of the molecule is COC(=O)[C@@H](C)Oc1cc2oc(=O)c3c(c2cc1Cl)CCCC3. The van der Waals surface area contributed by atoms with Crippen LogP contribution in [-0.2, 0) is 22.4 Å². The topological polar surface area (TPSA) is 65.7 Å². The van der Waals surface area contributed by atoms with Gasteiger partial charge in [0.05, 0.1) is 12.1 Å². The molecule has 1 aromatic heterocycles. The summed E-state index contributed by atoms with van der Waals surface area (Å²) >= 11 is 6.28. The molecule has 0 aliphatic heterocycles. The monoisotopic (exact) mass is 336 g/mol. The summed E-state index contributed by atoms with van der Waals surface area (Å²) in [6.45, 7) is 1.56. The Kier molecular flexibility index (Phi) is 4.31. The first-order valence-corrected chi connectivity index (χ1v) is 7.91. The van der Waals surface area contributed by atoms with Crippen LogP contribution in [-0.4, -0.2) is 19.2 Å². The molecule has 0 amide bonds. The third-order valence-electron chi connectivity index (χ3n) is 4.11. The molecule has 0 N–H and O–H groups in total. The maximum Gasteiger partial charge on any atom is 0.346 e. The first-order valence-electron chi connectivity index (χ1n) is 7.54. The molecule has 0 unspecified atom stereocenters. The van der Waals surface area contributed by atoms with Gasteiger partial charge < -0.3 is 13.9 Å².